The Kier molecular flexibility index (Phi) is 23.8. The molecule has 33 heteroatoms. The second-order valence-electron chi connectivity index (χ2n) is 9.78. The Morgan fingerprint density at radius 3 is 0.707 bits per heavy atom. The molecule has 5 heterocycles. The predicted octanol–water partition coefficient (Wildman–Crippen LogP) is -0.118. The lowest BCUT2D eigenvalue weighted by atomic mass is 10.4. The van der Waals surface area contributed by atoms with Crippen LogP contribution in [0.3, 0.4) is 0 Å². The van der Waals surface area contributed by atoms with Gasteiger partial charge in [0, 0.05) is 32.1 Å². The molecule has 0 radical (unpaired) electrons. The summed E-state index contributed by atoms with van der Waals surface area (Å²) in [7, 11) is -16.2. The highest BCUT2D eigenvalue weighted by Crippen LogP contribution is 2.64. The Morgan fingerprint density at radius 2 is 0.603 bits per heavy atom. The lowest BCUT2D eigenvalue weighted by molar-refractivity contribution is 0.204. The molecule has 0 saturated heterocycles. The van der Waals surface area contributed by atoms with Crippen molar-refractivity contribution < 1.29 is 46.8 Å². The number of rotatable bonds is 14. The molecule has 5 rings (SSSR count). The normalized spacial score (nSPS) is 10.5. The fraction of sp³-hybridized carbons (Fsp3) is 0.200. The Labute approximate surface area is 328 Å². The van der Waals surface area contributed by atoms with E-state index in [0.717, 1.165) is 29.1 Å². The molecule has 20 N–H and O–H groups in total. The van der Waals surface area contributed by atoms with E-state index in [1.165, 1.54) is 0 Å². The standard InChI is InChI=1S/5C5H8N4.H5O10P3/c5*1-2-3-4-7-5(6)9-8-4;1-11(2,3)9-13(7,8)10-12(4,5)6/h5*2H,1,3H2,(H3,6,7,8,9);(H,7,8)(H2,1,2,3)(H2,4,5,6). The molecule has 0 saturated carbocycles. The van der Waals surface area contributed by atoms with Crippen LogP contribution in [0.5, 0.6) is 0 Å². The van der Waals surface area contributed by atoms with Gasteiger partial charge in [0.05, 0.1) is 0 Å². The highest BCUT2D eigenvalue weighted by atomic mass is 31.3. The number of H-pyrrole nitrogens is 5. The van der Waals surface area contributed by atoms with Gasteiger partial charge in [-0.1, -0.05) is 30.4 Å². The molecule has 5 aromatic rings. The number of hydrogen-bond donors (Lipinski definition) is 15. The van der Waals surface area contributed by atoms with Crippen molar-refractivity contribution in [3.8, 4) is 0 Å². The fourth-order valence-corrected chi connectivity index (χ4v) is 5.51. The predicted molar refractivity (Wildman–Crippen MR) is 210 cm³/mol. The maximum absolute atomic E-state index is 10.4. The van der Waals surface area contributed by atoms with Crippen molar-refractivity contribution in [3.05, 3.63) is 92.4 Å². The number of nitrogens with zero attached hydrogens (tertiary/aromatic N) is 10. The number of allylic oxidation sites excluding steroid dienone is 5. The summed E-state index contributed by atoms with van der Waals surface area (Å²) in [6.07, 6.45) is 12.1. The van der Waals surface area contributed by atoms with E-state index in [9.17, 15) is 13.7 Å². The van der Waals surface area contributed by atoms with E-state index in [4.69, 9.17) is 53.1 Å². The zero-order valence-corrected chi connectivity index (χ0v) is 33.1. The first kappa shape index (κ1) is 51.8. The molecular formula is C25H45N20O10P3. The van der Waals surface area contributed by atoms with Gasteiger partial charge in [-0.25, -0.2) is 13.7 Å². The van der Waals surface area contributed by atoms with E-state index >= 15 is 0 Å². The minimum atomic E-state index is -5.46. The van der Waals surface area contributed by atoms with Gasteiger partial charge < -0.3 is 53.1 Å². The Bertz CT molecular complexity index is 1820. The zero-order chi connectivity index (χ0) is 44.4. The van der Waals surface area contributed by atoms with Gasteiger partial charge in [0.25, 0.3) is 0 Å². The van der Waals surface area contributed by atoms with Crippen molar-refractivity contribution in [2.24, 2.45) is 0 Å². The Hall–Kier alpha value is -6.19. The first-order valence-corrected chi connectivity index (χ1v) is 19.8. The first-order chi connectivity index (χ1) is 27.0. The summed E-state index contributed by atoms with van der Waals surface area (Å²) in [5.74, 6) is 5.18. The summed E-state index contributed by atoms with van der Waals surface area (Å²) < 4.78 is 36.4. The topological polar surface area (TPSA) is 509 Å². The maximum Gasteiger partial charge on any atom is 0.490 e. The van der Waals surface area contributed by atoms with Crippen molar-refractivity contribution in [2.75, 3.05) is 28.7 Å². The molecule has 58 heavy (non-hydrogen) atoms. The lowest BCUT2D eigenvalue weighted by Gasteiger charge is -2.11. The number of aromatic nitrogens is 15. The molecule has 0 bridgehead atoms. The summed E-state index contributed by atoms with van der Waals surface area (Å²) >= 11 is 0. The molecular weight excluding hydrogens is 833 g/mol. The number of anilines is 5. The SMILES string of the molecule is C=CCc1nc(N)n[nH]1.C=CCc1nc(N)n[nH]1.C=CCc1nc(N)n[nH]1.C=CCc1nc(N)n[nH]1.C=CCc1nc(N)n[nH]1.O=P(O)(O)OP(=O)(O)OP(=O)(O)O. The molecule has 0 spiro atoms. The van der Waals surface area contributed by atoms with Crippen LogP contribution >= 0.6 is 23.5 Å². The van der Waals surface area contributed by atoms with E-state index in [1.54, 1.807) is 30.4 Å². The van der Waals surface area contributed by atoms with Crippen LogP contribution in [-0.4, -0.2) is 100 Å². The van der Waals surface area contributed by atoms with Crippen molar-refractivity contribution in [1.29, 1.82) is 0 Å². The monoisotopic (exact) mass is 878 g/mol. The zero-order valence-electron chi connectivity index (χ0n) is 30.4. The van der Waals surface area contributed by atoms with Crippen molar-refractivity contribution >= 4 is 53.2 Å². The highest BCUT2D eigenvalue weighted by molar-refractivity contribution is 7.66. The van der Waals surface area contributed by atoms with Crippen LogP contribution in [0, 0.1) is 0 Å². The smallest absolute Gasteiger partial charge is 0.367 e. The third kappa shape index (κ3) is 27.4. The summed E-state index contributed by atoms with van der Waals surface area (Å²) in [6, 6.07) is 0. The van der Waals surface area contributed by atoms with Gasteiger partial charge in [-0.2, -0.15) is 33.5 Å². The molecule has 0 aliphatic carbocycles. The lowest BCUT2D eigenvalue weighted by Crippen LogP contribution is -1.91. The molecule has 0 aliphatic heterocycles. The molecule has 5 aromatic heterocycles. The number of nitrogens with two attached hydrogens (primary N) is 5. The van der Waals surface area contributed by atoms with E-state index in [2.05, 4.69) is 117 Å². The fourth-order valence-electron chi connectivity index (χ4n) is 2.97. The number of nitrogens with one attached hydrogen (secondary N) is 5. The van der Waals surface area contributed by atoms with Crippen molar-refractivity contribution in [3.63, 3.8) is 0 Å². The quantitative estimate of drug-likeness (QED) is 0.0511. The van der Waals surface area contributed by atoms with Gasteiger partial charge in [-0.3, -0.25) is 25.5 Å². The van der Waals surface area contributed by atoms with Crippen LogP contribution in [0.1, 0.15) is 29.1 Å². The van der Waals surface area contributed by atoms with E-state index in [-0.39, 0.29) is 29.7 Å². The van der Waals surface area contributed by atoms with Gasteiger partial charge in [0.1, 0.15) is 29.1 Å². The molecule has 0 amide bonds. The minimum absolute atomic E-state index is 0.284. The summed E-state index contributed by atoms with van der Waals surface area (Å²) in [6.45, 7) is 17.7. The number of phosphoric acid groups is 3. The maximum atomic E-state index is 10.4. The van der Waals surface area contributed by atoms with Gasteiger partial charge in [0.15, 0.2) is 0 Å². The third-order valence-corrected chi connectivity index (χ3v) is 8.21. The first-order valence-electron chi connectivity index (χ1n) is 15.3. The van der Waals surface area contributed by atoms with Crippen LogP contribution in [0.25, 0.3) is 0 Å². The van der Waals surface area contributed by atoms with E-state index < -0.39 is 23.5 Å². The Morgan fingerprint density at radius 1 is 0.431 bits per heavy atom. The van der Waals surface area contributed by atoms with Crippen LogP contribution in [0.4, 0.5) is 29.7 Å². The number of aromatic amines is 5. The molecule has 0 unspecified atom stereocenters. The Balaban J connectivity index is 0.000000675. The number of nitrogen functional groups attached to an aromatic ring is 5. The van der Waals surface area contributed by atoms with Crippen molar-refractivity contribution in [2.45, 2.75) is 32.1 Å². The van der Waals surface area contributed by atoms with Crippen LogP contribution in [0.15, 0.2) is 63.3 Å². The average Bonchev–Trinajstić information content (AvgIpc) is 3.94. The molecule has 0 aliphatic rings. The van der Waals surface area contributed by atoms with Crippen molar-refractivity contribution in [1.82, 2.24) is 75.9 Å². The van der Waals surface area contributed by atoms with Crippen LogP contribution in [-0.2, 0) is 54.4 Å². The molecule has 0 atom stereocenters. The van der Waals surface area contributed by atoms with Gasteiger partial charge >= 0.3 is 23.5 Å². The average molecular weight is 879 g/mol. The second kappa shape index (κ2) is 26.6. The second-order valence-corrected chi connectivity index (χ2v) is 14.0. The summed E-state index contributed by atoms with van der Waals surface area (Å²) in [5, 5.41) is 31.4. The van der Waals surface area contributed by atoms with Crippen LogP contribution < -0.4 is 28.7 Å². The third-order valence-electron chi connectivity index (χ3n) is 4.85. The molecule has 0 fully saturated rings. The minimum Gasteiger partial charge on any atom is -0.367 e. The molecule has 320 valence electrons. The summed E-state index contributed by atoms with van der Waals surface area (Å²) in [4.78, 5) is 59.4. The van der Waals surface area contributed by atoms with Gasteiger partial charge in [0.2, 0.25) is 29.7 Å². The van der Waals surface area contributed by atoms with E-state index in [0.29, 0.717) is 32.1 Å². The largest absolute Gasteiger partial charge is 0.490 e. The highest BCUT2D eigenvalue weighted by Gasteiger charge is 2.38. The van der Waals surface area contributed by atoms with Crippen LogP contribution in [0.2, 0.25) is 0 Å². The molecule has 0 aromatic carbocycles. The van der Waals surface area contributed by atoms with E-state index in [1.807, 2.05) is 0 Å². The molecule has 30 nitrogen and oxygen atoms in total. The van der Waals surface area contributed by atoms with Gasteiger partial charge in [-0.15, -0.1) is 58.4 Å². The summed E-state index contributed by atoms with van der Waals surface area (Å²) in [5.41, 5.74) is 26.1. The number of hydrogen-bond acceptors (Lipinski definition) is 20. The van der Waals surface area contributed by atoms with Gasteiger partial charge in [-0.05, 0) is 0 Å².